The molecule has 0 aliphatic rings. The maximum atomic E-state index is 11.3. The summed E-state index contributed by atoms with van der Waals surface area (Å²) in [4.78, 5) is 21.1. The lowest BCUT2D eigenvalue weighted by molar-refractivity contribution is -0.167. The van der Waals surface area contributed by atoms with E-state index < -0.39 is 5.60 Å². The second-order valence-corrected chi connectivity index (χ2v) is 5.25. The Morgan fingerprint density at radius 2 is 1.75 bits per heavy atom. The van der Waals surface area contributed by atoms with E-state index in [1.54, 1.807) is 0 Å². The third kappa shape index (κ3) is 15.2. The van der Waals surface area contributed by atoms with Crippen molar-refractivity contribution in [3.05, 3.63) is 0 Å². The molecule has 0 bridgehead atoms. The molecular weight excluding hydrogens is 262 g/mol. The van der Waals surface area contributed by atoms with Crippen molar-refractivity contribution in [1.82, 2.24) is 16.3 Å². The van der Waals surface area contributed by atoms with Crippen LogP contribution in [0.1, 0.15) is 40.5 Å². The molecule has 0 saturated carbocycles. The summed E-state index contributed by atoms with van der Waals surface area (Å²) in [5.74, 6) is 0. The number of rotatable bonds is 11. The summed E-state index contributed by atoms with van der Waals surface area (Å²) < 4.78 is 5.12. The third-order valence-corrected chi connectivity index (χ3v) is 2.06. The summed E-state index contributed by atoms with van der Waals surface area (Å²) in [5, 5.41) is 5.97. The number of ether oxygens (including phenoxy) is 1. The zero-order valence-corrected chi connectivity index (χ0v) is 13.1. The Balaban J connectivity index is 3.19. The molecule has 0 unspecified atom stereocenters. The molecule has 1 amide bonds. The fraction of sp³-hybridized carbons (Fsp3) is 0.923. The zero-order chi connectivity index (χ0) is 15.3. The minimum Gasteiger partial charge on any atom is -0.444 e. The van der Waals surface area contributed by atoms with E-state index >= 15 is 0 Å². The summed E-state index contributed by atoms with van der Waals surface area (Å²) in [7, 11) is 0. The van der Waals surface area contributed by atoms with Gasteiger partial charge in [-0.1, -0.05) is 5.64 Å². The van der Waals surface area contributed by atoms with Crippen LogP contribution in [0.3, 0.4) is 0 Å². The monoisotopic (exact) mass is 291 g/mol. The smallest absolute Gasteiger partial charge is 0.407 e. The molecule has 7 heteroatoms. The normalized spacial score (nSPS) is 11.4. The van der Waals surface area contributed by atoms with Crippen molar-refractivity contribution in [2.75, 3.05) is 32.8 Å². The summed E-state index contributed by atoms with van der Waals surface area (Å²) in [6.07, 6.45) is 1.38. The van der Waals surface area contributed by atoms with Gasteiger partial charge < -0.3 is 15.4 Å². The van der Waals surface area contributed by atoms with Crippen LogP contribution in [-0.2, 0) is 14.4 Å². The fourth-order valence-electron chi connectivity index (χ4n) is 1.25. The van der Waals surface area contributed by atoms with Crippen molar-refractivity contribution >= 4 is 6.09 Å². The molecule has 0 saturated heterocycles. The standard InChI is InChI=1S/C13H29N3O4/c1-5-18-16-19-11-7-9-14-8-6-10-15-12(17)20-13(2,3)4/h14,16H,5-11H2,1-4H3,(H,15,17). The number of carbonyl (C=O) groups is 1. The summed E-state index contributed by atoms with van der Waals surface area (Å²) in [5.41, 5.74) is 1.94. The number of hydrogen-bond donors (Lipinski definition) is 3. The quantitative estimate of drug-likeness (QED) is 0.394. The van der Waals surface area contributed by atoms with Gasteiger partial charge in [-0.3, -0.25) is 9.68 Å². The van der Waals surface area contributed by atoms with Crippen molar-refractivity contribution in [2.45, 2.75) is 46.1 Å². The molecule has 0 fully saturated rings. The zero-order valence-electron chi connectivity index (χ0n) is 13.1. The van der Waals surface area contributed by atoms with Gasteiger partial charge in [0.25, 0.3) is 0 Å². The highest BCUT2D eigenvalue weighted by molar-refractivity contribution is 5.67. The van der Waals surface area contributed by atoms with Crippen LogP contribution in [0.15, 0.2) is 0 Å². The van der Waals surface area contributed by atoms with Gasteiger partial charge >= 0.3 is 6.09 Å². The molecule has 0 aliphatic heterocycles. The Bertz CT molecular complexity index is 244. The van der Waals surface area contributed by atoms with Crippen LogP contribution in [0.4, 0.5) is 4.79 Å². The van der Waals surface area contributed by atoms with E-state index in [9.17, 15) is 4.79 Å². The van der Waals surface area contributed by atoms with Crippen molar-refractivity contribution in [3.8, 4) is 0 Å². The van der Waals surface area contributed by atoms with E-state index in [2.05, 4.69) is 16.3 Å². The highest BCUT2D eigenvalue weighted by Gasteiger charge is 2.15. The van der Waals surface area contributed by atoms with E-state index in [0.717, 1.165) is 25.9 Å². The predicted octanol–water partition coefficient (Wildman–Crippen LogP) is 1.35. The number of alkyl carbamates (subject to hydrolysis) is 1. The largest absolute Gasteiger partial charge is 0.444 e. The van der Waals surface area contributed by atoms with Crippen LogP contribution >= 0.6 is 0 Å². The molecule has 3 N–H and O–H groups in total. The van der Waals surface area contributed by atoms with Crippen molar-refractivity contribution in [1.29, 1.82) is 0 Å². The molecule has 0 spiro atoms. The summed E-state index contributed by atoms with van der Waals surface area (Å²) in [6, 6.07) is 0. The molecule has 0 atom stereocenters. The lowest BCUT2D eigenvalue weighted by atomic mass is 10.2. The molecule has 0 radical (unpaired) electrons. The van der Waals surface area contributed by atoms with E-state index in [1.165, 1.54) is 0 Å². The maximum Gasteiger partial charge on any atom is 0.407 e. The van der Waals surface area contributed by atoms with Crippen LogP contribution < -0.4 is 16.3 Å². The molecular formula is C13H29N3O4. The maximum absolute atomic E-state index is 11.3. The second kappa shape index (κ2) is 11.9. The first kappa shape index (κ1) is 19.1. The molecule has 0 heterocycles. The number of hydrogen-bond acceptors (Lipinski definition) is 6. The third-order valence-electron chi connectivity index (χ3n) is 2.06. The Labute approximate surface area is 121 Å². The molecule has 0 aromatic rings. The highest BCUT2D eigenvalue weighted by atomic mass is 16.9. The first-order valence-electron chi connectivity index (χ1n) is 7.12. The van der Waals surface area contributed by atoms with E-state index in [1.807, 2.05) is 27.7 Å². The first-order chi connectivity index (χ1) is 9.45. The van der Waals surface area contributed by atoms with Gasteiger partial charge in [0.05, 0.1) is 13.2 Å². The minimum absolute atomic E-state index is 0.368. The number of amides is 1. The van der Waals surface area contributed by atoms with Gasteiger partial charge in [-0.2, -0.15) is 0 Å². The fourth-order valence-corrected chi connectivity index (χ4v) is 1.25. The van der Waals surface area contributed by atoms with Crippen LogP contribution in [0.25, 0.3) is 0 Å². The molecule has 0 aromatic heterocycles. The average Bonchev–Trinajstić information content (AvgIpc) is 2.34. The van der Waals surface area contributed by atoms with E-state index in [-0.39, 0.29) is 6.09 Å². The van der Waals surface area contributed by atoms with Crippen LogP contribution in [0, 0.1) is 0 Å². The average molecular weight is 291 g/mol. The summed E-state index contributed by atoms with van der Waals surface area (Å²) >= 11 is 0. The van der Waals surface area contributed by atoms with Gasteiger partial charge in [-0.05, 0) is 53.6 Å². The van der Waals surface area contributed by atoms with Gasteiger partial charge in [0.15, 0.2) is 0 Å². The van der Waals surface area contributed by atoms with Crippen LogP contribution in [-0.4, -0.2) is 44.5 Å². The Morgan fingerprint density at radius 3 is 2.40 bits per heavy atom. The SMILES string of the molecule is CCONOCCCNCCCNC(=O)OC(C)(C)C. The predicted molar refractivity (Wildman–Crippen MR) is 77.1 cm³/mol. The van der Waals surface area contributed by atoms with Gasteiger partial charge in [-0.15, -0.1) is 0 Å². The lowest BCUT2D eigenvalue weighted by Crippen LogP contribution is -2.34. The van der Waals surface area contributed by atoms with Crippen LogP contribution in [0.5, 0.6) is 0 Å². The van der Waals surface area contributed by atoms with Gasteiger partial charge in [0, 0.05) is 6.54 Å². The van der Waals surface area contributed by atoms with E-state index in [4.69, 9.17) is 14.4 Å². The highest BCUT2D eigenvalue weighted by Crippen LogP contribution is 2.06. The lowest BCUT2D eigenvalue weighted by Gasteiger charge is -2.19. The minimum atomic E-state index is -0.447. The van der Waals surface area contributed by atoms with E-state index in [0.29, 0.717) is 19.8 Å². The molecule has 7 nitrogen and oxygen atoms in total. The van der Waals surface area contributed by atoms with Crippen molar-refractivity contribution < 1.29 is 19.2 Å². The summed E-state index contributed by atoms with van der Waals surface area (Å²) in [6.45, 7) is 10.9. The Hall–Kier alpha value is -0.890. The molecule has 0 aromatic carbocycles. The Morgan fingerprint density at radius 1 is 1.05 bits per heavy atom. The number of carbonyl (C=O) groups excluding carboxylic acids is 1. The van der Waals surface area contributed by atoms with Crippen molar-refractivity contribution in [2.24, 2.45) is 0 Å². The van der Waals surface area contributed by atoms with Gasteiger partial charge in [0.2, 0.25) is 0 Å². The molecule has 0 rings (SSSR count). The van der Waals surface area contributed by atoms with Crippen molar-refractivity contribution in [3.63, 3.8) is 0 Å². The Kier molecular flexibility index (Phi) is 11.4. The number of nitrogens with one attached hydrogen (secondary N) is 3. The van der Waals surface area contributed by atoms with Gasteiger partial charge in [0.1, 0.15) is 5.60 Å². The van der Waals surface area contributed by atoms with Gasteiger partial charge in [-0.25, -0.2) is 4.79 Å². The molecule has 120 valence electrons. The molecule has 0 aliphatic carbocycles. The first-order valence-corrected chi connectivity index (χ1v) is 7.12. The van der Waals surface area contributed by atoms with Crippen LogP contribution in [0.2, 0.25) is 0 Å². The molecule has 20 heavy (non-hydrogen) atoms. The second-order valence-electron chi connectivity index (χ2n) is 5.25. The topological polar surface area (TPSA) is 80.9 Å².